The second-order valence-corrected chi connectivity index (χ2v) is 17.4. The average molecular weight is 798 g/mol. The van der Waals surface area contributed by atoms with Crippen LogP contribution in [0.15, 0.2) is 71.5 Å². The molecular weight excluding hydrogens is 751 g/mol. The largest absolute Gasteiger partial charge is 0.381 e. The van der Waals surface area contributed by atoms with Crippen molar-refractivity contribution in [3.8, 4) is 11.3 Å². The number of para-hydroxylation sites is 1. The molecule has 0 radical (unpaired) electrons. The van der Waals surface area contributed by atoms with Gasteiger partial charge in [0.15, 0.2) is 0 Å². The molecule has 3 amide bonds. The van der Waals surface area contributed by atoms with E-state index in [9.17, 15) is 19.2 Å². The topological polar surface area (TPSA) is 137 Å². The summed E-state index contributed by atoms with van der Waals surface area (Å²) < 4.78 is 4.30. The average Bonchev–Trinajstić information content (AvgIpc) is 3.70. The van der Waals surface area contributed by atoms with Gasteiger partial charge >= 0.3 is 5.69 Å². The summed E-state index contributed by atoms with van der Waals surface area (Å²) in [6, 6.07) is 22.5. The van der Waals surface area contributed by atoms with Gasteiger partial charge in [-0.25, -0.2) is 9.78 Å². The van der Waals surface area contributed by atoms with Gasteiger partial charge in [0, 0.05) is 98.6 Å². The number of anilines is 3. The summed E-state index contributed by atoms with van der Waals surface area (Å²) in [6.07, 6.45) is 2.85. The molecule has 14 heteroatoms. The van der Waals surface area contributed by atoms with Gasteiger partial charge in [0.05, 0.1) is 33.6 Å². The number of amides is 3. The minimum absolute atomic E-state index is 0.0181. The smallest absolute Gasteiger partial charge is 0.329 e. The van der Waals surface area contributed by atoms with Gasteiger partial charge in [0.1, 0.15) is 10.9 Å². The van der Waals surface area contributed by atoms with E-state index in [4.69, 9.17) is 4.98 Å². The summed E-state index contributed by atoms with van der Waals surface area (Å²) in [5.41, 5.74) is 7.43. The zero-order valence-electron chi connectivity index (χ0n) is 32.8. The van der Waals surface area contributed by atoms with E-state index in [0.29, 0.717) is 18.9 Å². The van der Waals surface area contributed by atoms with Crippen LogP contribution in [-0.2, 0) is 16.6 Å². The van der Waals surface area contributed by atoms with Crippen molar-refractivity contribution in [2.75, 3.05) is 67.5 Å². The number of rotatable bonds is 6. The highest BCUT2D eigenvalue weighted by Gasteiger charge is 2.33. The molecule has 3 fully saturated rings. The lowest BCUT2D eigenvalue weighted by Crippen LogP contribution is -2.49. The third-order valence-corrected chi connectivity index (χ3v) is 13.8. The van der Waals surface area contributed by atoms with E-state index in [1.807, 2.05) is 19.1 Å². The minimum Gasteiger partial charge on any atom is -0.381 e. The molecule has 3 aromatic heterocycles. The summed E-state index contributed by atoms with van der Waals surface area (Å²) in [5, 5.41) is 11.1. The van der Waals surface area contributed by atoms with E-state index in [-0.39, 0.29) is 30.0 Å². The number of fused-ring (bicyclic) bond motifs is 6. The van der Waals surface area contributed by atoms with E-state index >= 15 is 0 Å². The summed E-state index contributed by atoms with van der Waals surface area (Å²) >= 11 is 1.53. The van der Waals surface area contributed by atoms with Crippen molar-refractivity contribution in [2.45, 2.75) is 44.7 Å². The van der Waals surface area contributed by atoms with Crippen LogP contribution in [-0.4, -0.2) is 95.1 Å². The van der Waals surface area contributed by atoms with Crippen LogP contribution in [0, 0.1) is 5.92 Å². The Hall–Kier alpha value is -5.73. The Bertz CT molecular complexity index is 2670. The zero-order chi connectivity index (χ0) is 39.7. The molecule has 4 aliphatic rings. The highest BCUT2D eigenvalue weighted by atomic mass is 32.1. The molecule has 13 nitrogen and oxygen atoms in total. The van der Waals surface area contributed by atoms with Crippen molar-refractivity contribution in [2.24, 2.45) is 13.0 Å². The van der Waals surface area contributed by atoms with E-state index in [2.05, 4.69) is 85.2 Å². The van der Waals surface area contributed by atoms with Gasteiger partial charge in [0.2, 0.25) is 11.8 Å². The highest BCUT2D eigenvalue weighted by molar-refractivity contribution is 7.21. The number of hydrogen-bond donors (Lipinski definition) is 3. The van der Waals surface area contributed by atoms with E-state index < -0.39 is 11.9 Å². The summed E-state index contributed by atoms with van der Waals surface area (Å²) in [7, 11) is 1.77. The molecule has 1 unspecified atom stereocenters. The number of imide groups is 1. The van der Waals surface area contributed by atoms with Crippen molar-refractivity contribution >= 4 is 78.1 Å². The third kappa shape index (κ3) is 6.38. The number of piperidine rings is 2. The van der Waals surface area contributed by atoms with Crippen molar-refractivity contribution in [1.82, 2.24) is 29.7 Å². The highest BCUT2D eigenvalue weighted by Crippen LogP contribution is 2.41. The number of nitrogens with zero attached hydrogens (tertiary/aromatic N) is 6. The number of imidazole rings is 1. The van der Waals surface area contributed by atoms with E-state index in [1.165, 1.54) is 17.0 Å². The summed E-state index contributed by atoms with van der Waals surface area (Å²) in [4.78, 5) is 64.1. The first-order chi connectivity index (χ1) is 28.2. The number of nitrogens with one attached hydrogen (secondary N) is 3. The second-order valence-electron chi connectivity index (χ2n) is 16.4. The predicted octanol–water partition coefficient (Wildman–Crippen LogP) is 5.33. The third-order valence-electron chi connectivity index (χ3n) is 12.7. The molecule has 6 aromatic rings. The number of aromatic nitrogens is 3. The Morgan fingerprint density at radius 3 is 2.41 bits per heavy atom. The predicted molar refractivity (Wildman–Crippen MR) is 230 cm³/mol. The molecule has 10 rings (SSSR count). The van der Waals surface area contributed by atoms with Crippen LogP contribution in [0.2, 0.25) is 0 Å². The number of pyridine rings is 1. The van der Waals surface area contributed by atoms with Crippen LogP contribution in [0.1, 0.15) is 48.3 Å². The maximum atomic E-state index is 13.4. The van der Waals surface area contributed by atoms with E-state index in [0.717, 1.165) is 118 Å². The minimum atomic E-state index is -0.690. The fourth-order valence-corrected chi connectivity index (χ4v) is 10.6. The van der Waals surface area contributed by atoms with Gasteiger partial charge in [-0.3, -0.25) is 33.7 Å². The molecule has 58 heavy (non-hydrogen) atoms. The summed E-state index contributed by atoms with van der Waals surface area (Å²) in [5.74, 6) is -0.0738. The van der Waals surface area contributed by atoms with Gasteiger partial charge in [0.25, 0.3) is 5.91 Å². The maximum absolute atomic E-state index is 13.4. The molecule has 2 atom stereocenters. The molecule has 3 aromatic carbocycles. The summed E-state index contributed by atoms with van der Waals surface area (Å²) in [6.45, 7) is 9.49. The molecule has 3 saturated heterocycles. The number of thiophene rings is 1. The van der Waals surface area contributed by atoms with Gasteiger partial charge in [-0.05, 0) is 80.6 Å². The quantitative estimate of drug-likeness (QED) is 0.191. The molecule has 7 heterocycles. The number of hydrogen-bond acceptors (Lipinski definition) is 10. The Balaban J connectivity index is 0.758. The van der Waals surface area contributed by atoms with Gasteiger partial charge in [-0.15, -0.1) is 11.3 Å². The van der Waals surface area contributed by atoms with Crippen LogP contribution in [0.25, 0.3) is 43.3 Å². The normalized spacial score (nSPS) is 21.0. The number of piperazine rings is 1. The Kier molecular flexibility index (Phi) is 9.20. The molecule has 0 bridgehead atoms. The van der Waals surface area contributed by atoms with Crippen LogP contribution < -0.4 is 31.4 Å². The lowest BCUT2D eigenvalue weighted by molar-refractivity contribution is -0.135. The zero-order valence-corrected chi connectivity index (χ0v) is 33.6. The fraction of sp³-hybridized carbons (Fsp3) is 0.386. The Morgan fingerprint density at radius 2 is 1.64 bits per heavy atom. The van der Waals surface area contributed by atoms with Gasteiger partial charge in [-0.2, -0.15) is 0 Å². The monoisotopic (exact) mass is 797 g/mol. The standard InChI is InChI=1S/C44H47N9O4S/c1-26-24-45-39-38-30-10-11-31(47-32(30)12-14-36(38)58-41(39)43(56)46-26)28-6-8-29(9-7-28)51-18-16-27(17-19-51)25-50-20-22-52(23-21-50)33-4-3-5-34-40(33)49(2)44(57)53(34)35-13-15-37(54)48-42(35)55/h3-12,14,26-27,35,45H,13,15-25H2,1-2H3,(H,46,56)(H,48,54,55)/t26-,35?/m1/s1. The molecule has 298 valence electrons. The number of benzene rings is 3. The molecule has 0 spiro atoms. The number of carbonyl (C=O) groups excluding carboxylic acids is 3. The van der Waals surface area contributed by atoms with Crippen molar-refractivity contribution in [1.29, 1.82) is 0 Å². The second kappa shape index (κ2) is 14.6. The van der Waals surface area contributed by atoms with Gasteiger partial charge in [-0.1, -0.05) is 18.2 Å². The van der Waals surface area contributed by atoms with Crippen LogP contribution in [0.5, 0.6) is 0 Å². The van der Waals surface area contributed by atoms with Crippen LogP contribution in [0.4, 0.5) is 17.1 Å². The number of aryl methyl sites for hydroxylation is 1. The van der Waals surface area contributed by atoms with Crippen LogP contribution >= 0.6 is 11.3 Å². The Labute approximate surface area is 339 Å². The van der Waals surface area contributed by atoms with Gasteiger partial charge < -0.3 is 20.4 Å². The molecule has 0 aliphatic carbocycles. The van der Waals surface area contributed by atoms with Crippen molar-refractivity contribution < 1.29 is 14.4 Å². The number of carbonyl (C=O) groups is 3. The van der Waals surface area contributed by atoms with Crippen LogP contribution in [0.3, 0.4) is 0 Å². The van der Waals surface area contributed by atoms with E-state index in [1.54, 1.807) is 16.2 Å². The lowest BCUT2D eigenvalue weighted by atomic mass is 9.95. The first-order valence-corrected chi connectivity index (χ1v) is 21.3. The van der Waals surface area contributed by atoms with Crippen molar-refractivity contribution in [3.63, 3.8) is 0 Å². The molecule has 4 aliphatic heterocycles. The molecule has 0 saturated carbocycles. The molecule has 3 N–H and O–H groups in total. The SMILES string of the molecule is C[C@@H]1CNc2c(sc3ccc4nc(-c5ccc(N6CCC(CN7CCN(c8cccc9c8n(C)c(=O)n9C8CCC(=O)NC8=O)CC7)CC6)cc5)ccc4c23)C(=O)N1. The Morgan fingerprint density at radius 1 is 0.845 bits per heavy atom. The van der Waals surface area contributed by atoms with Crippen molar-refractivity contribution in [3.05, 3.63) is 82.1 Å². The first kappa shape index (κ1) is 36.6. The first-order valence-electron chi connectivity index (χ1n) is 20.5. The molecular formula is C44H47N9O4S. The maximum Gasteiger partial charge on any atom is 0.329 e. The lowest BCUT2D eigenvalue weighted by Gasteiger charge is -2.40. The fourth-order valence-electron chi connectivity index (χ4n) is 9.54.